The highest BCUT2D eigenvalue weighted by molar-refractivity contribution is 7.91. The van der Waals surface area contributed by atoms with Crippen molar-refractivity contribution in [3.63, 3.8) is 0 Å². The van der Waals surface area contributed by atoms with Gasteiger partial charge in [0.2, 0.25) is 0 Å². The van der Waals surface area contributed by atoms with Crippen LogP contribution < -0.4 is 11.2 Å². The van der Waals surface area contributed by atoms with Gasteiger partial charge in [-0.05, 0) is 37.5 Å². The second kappa shape index (κ2) is 8.66. The zero-order valence-corrected chi connectivity index (χ0v) is 19.8. The molecule has 176 valence electrons. The van der Waals surface area contributed by atoms with Crippen molar-refractivity contribution in [2.24, 2.45) is 14.1 Å². The Morgan fingerprint density at radius 3 is 2.45 bits per heavy atom. The summed E-state index contributed by atoms with van der Waals surface area (Å²) in [5.74, 6) is -0.475. The van der Waals surface area contributed by atoms with Gasteiger partial charge in [0.25, 0.3) is 11.5 Å². The Morgan fingerprint density at radius 1 is 1.09 bits per heavy atom. The molecule has 1 aliphatic rings. The summed E-state index contributed by atoms with van der Waals surface area (Å²) in [6.45, 7) is 2.84. The first-order valence-electron chi connectivity index (χ1n) is 11.1. The maximum Gasteiger partial charge on any atom is 0.332 e. The molecule has 1 fully saturated rings. The van der Waals surface area contributed by atoms with E-state index in [1.807, 2.05) is 6.92 Å². The molecule has 9 nitrogen and oxygen atoms in total. The Morgan fingerprint density at radius 2 is 1.79 bits per heavy atom. The van der Waals surface area contributed by atoms with Crippen LogP contribution in [0, 0.1) is 0 Å². The van der Waals surface area contributed by atoms with Gasteiger partial charge in [-0.2, -0.15) is 0 Å². The van der Waals surface area contributed by atoms with Gasteiger partial charge >= 0.3 is 5.69 Å². The zero-order chi connectivity index (χ0) is 23.9. The van der Waals surface area contributed by atoms with Crippen LogP contribution in [0.2, 0.25) is 0 Å². The summed E-state index contributed by atoms with van der Waals surface area (Å²) in [5.41, 5.74) is -0.216. The van der Waals surface area contributed by atoms with Crippen LogP contribution in [0.25, 0.3) is 11.0 Å². The number of nitrogens with zero attached hydrogens (tertiary/aromatic N) is 4. The Hall–Kier alpha value is -3.14. The second-order valence-corrected chi connectivity index (χ2v) is 10.5. The van der Waals surface area contributed by atoms with Gasteiger partial charge in [0.05, 0.1) is 16.0 Å². The molecule has 0 N–H and O–H groups in total. The van der Waals surface area contributed by atoms with Gasteiger partial charge in [-0.25, -0.2) is 13.2 Å². The van der Waals surface area contributed by atoms with E-state index in [0.29, 0.717) is 49.1 Å². The number of carbonyl (C=O) groups is 1. The van der Waals surface area contributed by atoms with E-state index >= 15 is 0 Å². The summed E-state index contributed by atoms with van der Waals surface area (Å²) in [4.78, 5) is 40.7. The molecule has 10 heteroatoms. The summed E-state index contributed by atoms with van der Waals surface area (Å²) in [5, 5.41) is 0.295. The number of aromatic nitrogens is 3. The third-order valence-corrected chi connectivity index (χ3v) is 8.13. The number of fused-ring (bicyclic) bond motifs is 1. The Labute approximate surface area is 191 Å². The molecule has 0 spiro atoms. The minimum atomic E-state index is -3.56. The quantitative estimate of drug-likeness (QED) is 0.541. The Balaban J connectivity index is 1.76. The first-order chi connectivity index (χ1) is 15.7. The minimum Gasteiger partial charge on any atom is -0.333 e. The van der Waals surface area contributed by atoms with Crippen LogP contribution in [-0.4, -0.2) is 51.3 Å². The number of likely N-dealkylation sites (tertiary alicyclic amines) is 1. The number of aryl methyl sites for hydroxylation is 2. The highest BCUT2D eigenvalue weighted by Crippen LogP contribution is 2.26. The molecule has 33 heavy (non-hydrogen) atoms. The van der Waals surface area contributed by atoms with Crippen molar-refractivity contribution in [1.29, 1.82) is 0 Å². The smallest absolute Gasteiger partial charge is 0.332 e. The molecule has 0 saturated carbocycles. The molecule has 0 aliphatic carbocycles. The highest BCUT2D eigenvalue weighted by atomic mass is 32.2. The summed E-state index contributed by atoms with van der Waals surface area (Å²) in [7, 11) is -0.572. The number of rotatable bonds is 6. The van der Waals surface area contributed by atoms with Crippen LogP contribution in [0.5, 0.6) is 0 Å². The SMILES string of the molecule is CCCn1c(C(=O)N2CCCC2CS(=O)(=O)c2ccccc2)cc2c(=O)n(C)c(=O)n(C)c21. The van der Waals surface area contributed by atoms with Crippen LogP contribution in [0.3, 0.4) is 0 Å². The largest absolute Gasteiger partial charge is 0.333 e. The third kappa shape index (κ3) is 3.92. The van der Waals surface area contributed by atoms with Crippen LogP contribution in [-0.2, 0) is 30.5 Å². The normalized spacial score (nSPS) is 16.6. The molecule has 3 heterocycles. The lowest BCUT2D eigenvalue weighted by molar-refractivity contribution is 0.0738. The van der Waals surface area contributed by atoms with E-state index in [1.54, 1.807) is 46.8 Å². The number of benzene rings is 1. The van der Waals surface area contributed by atoms with E-state index in [-0.39, 0.29) is 16.6 Å². The molecule has 1 aromatic carbocycles. The molecule has 1 aliphatic heterocycles. The van der Waals surface area contributed by atoms with Gasteiger partial charge in [-0.3, -0.25) is 18.7 Å². The molecule has 0 radical (unpaired) electrons. The van der Waals surface area contributed by atoms with E-state index in [4.69, 9.17) is 0 Å². The molecule has 2 aromatic heterocycles. The van der Waals surface area contributed by atoms with Gasteiger partial charge in [-0.15, -0.1) is 0 Å². The van der Waals surface area contributed by atoms with Gasteiger partial charge in [-0.1, -0.05) is 25.1 Å². The predicted molar refractivity (Wildman–Crippen MR) is 125 cm³/mol. The fourth-order valence-electron chi connectivity index (χ4n) is 4.67. The number of hydrogen-bond donors (Lipinski definition) is 0. The minimum absolute atomic E-state index is 0.156. The van der Waals surface area contributed by atoms with Crippen molar-refractivity contribution in [3.05, 3.63) is 62.9 Å². The summed E-state index contributed by atoms with van der Waals surface area (Å²) < 4.78 is 30.0. The molecular weight excluding hydrogens is 444 g/mol. The van der Waals surface area contributed by atoms with E-state index in [9.17, 15) is 22.8 Å². The van der Waals surface area contributed by atoms with E-state index in [2.05, 4.69) is 0 Å². The van der Waals surface area contributed by atoms with E-state index in [0.717, 1.165) is 4.57 Å². The predicted octanol–water partition coefficient (Wildman–Crippen LogP) is 1.53. The zero-order valence-electron chi connectivity index (χ0n) is 19.0. The maximum atomic E-state index is 13.7. The first-order valence-corrected chi connectivity index (χ1v) is 12.7. The molecule has 1 amide bonds. The highest BCUT2D eigenvalue weighted by Gasteiger charge is 2.35. The number of sulfone groups is 1. The first kappa shape index (κ1) is 23.0. The molecule has 1 saturated heterocycles. The number of amides is 1. The van der Waals surface area contributed by atoms with Crippen molar-refractivity contribution in [1.82, 2.24) is 18.6 Å². The van der Waals surface area contributed by atoms with Crippen LogP contribution in [0.4, 0.5) is 0 Å². The van der Waals surface area contributed by atoms with E-state index < -0.39 is 27.1 Å². The maximum absolute atomic E-state index is 13.7. The standard InChI is InChI=1S/C23H28N4O5S/c1-4-12-27-19(14-18-20(27)24(2)23(30)25(3)21(18)28)22(29)26-13-8-9-16(26)15-33(31,32)17-10-6-5-7-11-17/h5-7,10-11,14,16H,4,8-9,12-13,15H2,1-3H3. The van der Waals surface area contributed by atoms with Gasteiger partial charge in [0, 0.05) is 33.2 Å². The molecule has 0 bridgehead atoms. The van der Waals surface area contributed by atoms with Gasteiger partial charge in [0.1, 0.15) is 11.3 Å². The van der Waals surface area contributed by atoms with Crippen molar-refractivity contribution in [3.8, 4) is 0 Å². The molecule has 1 unspecified atom stereocenters. The van der Waals surface area contributed by atoms with Crippen molar-refractivity contribution in [2.75, 3.05) is 12.3 Å². The van der Waals surface area contributed by atoms with Crippen LogP contribution in [0.1, 0.15) is 36.7 Å². The summed E-state index contributed by atoms with van der Waals surface area (Å²) in [6, 6.07) is 9.32. The van der Waals surface area contributed by atoms with Gasteiger partial charge in [0.15, 0.2) is 9.84 Å². The average Bonchev–Trinajstić information content (AvgIpc) is 3.41. The fourth-order valence-corrected chi connectivity index (χ4v) is 6.29. The fraction of sp³-hybridized carbons (Fsp3) is 0.435. The lowest BCUT2D eigenvalue weighted by atomic mass is 10.2. The molecular formula is C23H28N4O5S. The molecule has 1 atom stereocenters. The van der Waals surface area contributed by atoms with Crippen molar-refractivity contribution < 1.29 is 13.2 Å². The molecule has 4 rings (SSSR count). The van der Waals surface area contributed by atoms with Crippen molar-refractivity contribution >= 4 is 26.8 Å². The van der Waals surface area contributed by atoms with Gasteiger partial charge < -0.3 is 9.47 Å². The average molecular weight is 473 g/mol. The second-order valence-electron chi connectivity index (χ2n) is 8.51. The lowest BCUT2D eigenvalue weighted by Gasteiger charge is -2.25. The van der Waals surface area contributed by atoms with Crippen LogP contribution in [0.15, 0.2) is 50.9 Å². The number of hydrogen-bond acceptors (Lipinski definition) is 5. The summed E-state index contributed by atoms with van der Waals surface area (Å²) >= 11 is 0. The lowest BCUT2D eigenvalue weighted by Crippen LogP contribution is -2.40. The number of carbonyl (C=O) groups excluding carboxylic acids is 1. The van der Waals surface area contributed by atoms with Crippen LogP contribution >= 0.6 is 0 Å². The summed E-state index contributed by atoms with van der Waals surface area (Å²) in [6.07, 6.45) is 1.99. The topological polar surface area (TPSA) is 103 Å². The Bertz CT molecular complexity index is 1430. The molecule has 3 aromatic rings. The van der Waals surface area contributed by atoms with E-state index in [1.165, 1.54) is 17.7 Å². The monoisotopic (exact) mass is 472 g/mol. The Kier molecular flexibility index (Phi) is 6.04. The van der Waals surface area contributed by atoms with Crippen molar-refractivity contribution in [2.45, 2.75) is 43.7 Å². The third-order valence-electron chi connectivity index (χ3n) is 6.31.